The number of hydrogen-bond acceptors (Lipinski definition) is 4. The highest BCUT2D eigenvalue weighted by molar-refractivity contribution is 6.00. The van der Waals surface area contributed by atoms with E-state index < -0.39 is 0 Å². The number of nitrogens with zero attached hydrogens (tertiary/aromatic N) is 2. The lowest BCUT2D eigenvalue weighted by molar-refractivity contribution is 0.0705. The minimum atomic E-state index is -0.100. The molecule has 0 unspecified atom stereocenters. The number of nitrogens with one attached hydrogen (secondary N) is 1. The number of hydrogen-bond donors (Lipinski definition) is 1. The Morgan fingerprint density at radius 2 is 2.14 bits per heavy atom. The van der Waals surface area contributed by atoms with E-state index in [4.69, 9.17) is 4.74 Å². The van der Waals surface area contributed by atoms with Crippen LogP contribution in [-0.4, -0.2) is 49.6 Å². The second-order valence-electron chi connectivity index (χ2n) is 4.75. The van der Waals surface area contributed by atoms with Crippen molar-refractivity contribution in [3.63, 3.8) is 0 Å². The second kappa shape index (κ2) is 7.04. The van der Waals surface area contributed by atoms with Crippen LogP contribution in [0, 0.1) is 0 Å². The normalized spacial score (nSPS) is 10.6. The Balaban J connectivity index is 2.27. The molecule has 2 aromatic rings. The first-order valence-electron chi connectivity index (χ1n) is 7.08. The Morgan fingerprint density at radius 1 is 1.38 bits per heavy atom. The molecule has 0 spiro atoms. The monoisotopic (exact) mass is 287 g/mol. The van der Waals surface area contributed by atoms with E-state index in [0.717, 1.165) is 16.6 Å². The molecule has 0 saturated carbocycles. The zero-order valence-electron chi connectivity index (χ0n) is 12.7. The largest absolute Gasteiger partial charge is 0.380 e. The first-order valence-corrected chi connectivity index (χ1v) is 7.08. The van der Waals surface area contributed by atoms with Gasteiger partial charge in [-0.3, -0.25) is 4.79 Å². The van der Waals surface area contributed by atoms with Crippen molar-refractivity contribution in [3.05, 3.63) is 36.0 Å². The van der Waals surface area contributed by atoms with Crippen molar-refractivity contribution in [1.82, 2.24) is 9.88 Å². The van der Waals surface area contributed by atoms with Crippen LogP contribution in [0.4, 0.5) is 5.82 Å². The maximum absolute atomic E-state index is 12.4. The fraction of sp³-hybridized carbons (Fsp3) is 0.375. The van der Waals surface area contributed by atoms with Gasteiger partial charge < -0.3 is 15.0 Å². The maximum atomic E-state index is 12.4. The third-order valence-electron chi connectivity index (χ3n) is 3.32. The molecule has 0 fully saturated rings. The molecule has 1 aromatic carbocycles. The van der Waals surface area contributed by atoms with E-state index in [1.165, 1.54) is 0 Å². The van der Waals surface area contributed by atoms with E-state index in [0.29, 0.717) is 25.5 Å². The molecule has 0 saturated heterocycles. The lowest BCUT2D eigenvalue weighted by atomic mass is 10.1. The van der Waals surface area contributed by atoms with E-state index in [-0.39, 0.29) is 5.91 Å². The SMILES string of the molecule is CCOCCN(C)C(=O)c1cc2ccccc2c(NC)n1. The molecule has 1 aromatic heterocycles. The van der Waals surface area contributed by atoms with E-state index in [9.17, 15) is 4.79 Å². The topological polar surface area (TPSA) is 54.5 Å². The van der Waals surface area contributed by atoms with E-state index in [2.05, 4.69) is 10.3 Å². The third kappa shape index (κ3) is 3.49. The van der Waals surface area contributed by atoms with Crippen molar-refractivity contribution < 1.29 is 9.53 Å². The molecule has 112 valence electrons. The molecule has 1 amide bonds. The standard InChI is InChI=1S/C16H21N3O2/c1-4-21-10-9-19(3)16(20)14-11-12-7-5-6-8-13(12)15(17-2)18-14/h5-8,11H,4,9-10H2,1-3H3,(H,17,18). The zero-order chi connectivity index (χ0) is 15.2. The number of ether oxygens (including phenoxy) is 1. The molecule has 2 rings (SSSR count). The van der Waals surface area contributed by atoms with Gasteiger partial charge in [0.25, 0.3) is 5.91 Å². The van der Waals surface area contributed by atoms with Gasteiger partial charge in [-0.1, -0.05) is 24.3 Å². The molecule has 5 nitrogen and oxygen atoms in total. The van der Waals surface area contributed by atoms with Gasteiger partial charge in [0.2, 0.25) is 0 Å². The predicted octanol–water partition coefficient (Wildman–Crippen LogP) is 2.39. The Morgan fingerprint density at radius 3 is 2.86 bits per heavy atom. The quantitative estimate of drug-likeness (QED) is 0.829. The summed E-state index contributed by atoms with van der Waals surface area (Å²) in [5.41, 5.74) is 0.442. The first kappa shape index (κ1) is 15.3. The van der Waals surface area contributed by atoms with Crippen molar-refractivity contribution in [2.75, 3.05) is 39.2 Å². The summed E-state index contributed by atoms with van der Waals surface area (Å²) in [6, 6.07) is 9.71. The van der Waals surface area contributed by atoms with E-state index in [1.807, 2.05) is 44.3 Å². The van der Waals surface area contributed by atoms with Crippen LogP contribution in [0.5, 0.6) is 0 Å². The molecule has 1 N–H and O–H groups in total. The number of rotatable bonds is 6. The summed E-state index contributed by atoms with van der Waals surface area (Å²) in [6.07, 6.45) is 0. The smallest absolute Gasteiger partial charge is 0.272 e. The summed E-state index contributed by atoms with van der Waals surface area (Å²) in [6.45, 7) is 3.67. The number of anilines is 1. The van der Waals surface area contributed by atoms with Crippen LogP contribution < -0.4 is 5.32 Å². The van der Waals surface area contributed by atoms with Gasteiger partial charge in [-0.25, -0.2) is 4.98 Å². The number of pyridine rings is 1. The van der Waals surface area contributed by atoms with Crippen molar-refractivity contribution in [2.45, 2.75) is 6.92 Å². The number of aromatic nitrogens is 1. The van der Waals surface area contributed by atoms with Gasteiger partial charge in [0, 0.05) is 32.6 Å². The average molecular weight is 287 g/mol. The molecule has 0 radical (unpaired) electrons. The summed E-state index contributed by atoms with van der Waals surface area (Å²) in [4.78, 5) is 18.5. The molecule has 5 heteroatoms. The lowest BCUT2D eigenvalue weighted by Crippen LogP contribution is -2.31. The van der Waals surface area contributed by atoms with Crippen LogP contribution in [0.15, 0.2) is 30.3 Å². The van der Waals surface area contributed by atoms with Crippen molar-refractivity contribution in [1.29, 1.82) is 0 Å². The van der Waals surface area contributed by atoms with Crippen LogP contribution >= 0.6 is 0 Å². The molecular formula is C16H21N3O2. The number of carbonyl (C=O) groups excluding carboxylic acids is 1. The average Bonchev–Trinajstić information content (AvgIpc) is 2.53. The minimum Gasteiger partial charge on any atom is -0.380 e. The van der Waals surface area contributed by atoms with Crippen molar-refractivity contribution >= 4 is 22.5 Å². The predicted molar refractivity (Wildman–Crippen MR) is 84.7 cm³/mol. The van der Waals surface area contributed by atoms with Crippen LogP contribution in [0.2, 0.25) is 0 Å². The van der Waals surface area contributed by atoms with Gasteiger partial charge >= 0.3 is 0 Å². The number of carbonyl (C=O) groups is 1. The number of likely N-dealkylation sites (N-methyl/N-ethyl adjacent to an activating group) is 1. The Bertz CT molecular complexity index is 628. The number of benzene rings is 1. The van der Waals surface area contributed by atoms with Gasteiger partial charge in [-0.15, -0.1) is 0 Å². The highest BCUT2D eigenvalue weighted by Crippen LogP contribution is 2.22. The fourth-order valence-electron chi connectivity index (χ4n) is 2.14. The van der Waals surface area contributed by atoms with Crippen LogP contribution in [0.3, 0.4) is 0 Å². The van der Waals surface area contributed by atoms with Gasteiger partial charge in [0.15, 0.2) is 0 Å². The maximum Gasteiger partial charge on any atom is 0.272 e. The Hall–Kier alpha value is -2.14. The first-order chi connectivity index (χ1) is 10.2. The summed E-state index contributed by atoms with van der Waals surface area (Å²) in [5, 5.41) is 5.06. The summed E-state index contributed by atoms with van der Waals surface area (Å²) >= 11 is 0. The minimum absolute atomic E-state index is 0.100. The summed E-state index contributed by atoms with van der Waals surface area (Å²) in [7, 11) is 3.57. The molecule has 0 atom stereocenters. The summed E-state index contributed by atoms with van der Waals surface area (Å²) < 4.78 is 5.28. The molecule has 0 aliphatic heterocycles. The highest BCUT2D eigenvalue weighted by atomic mass is 16.5. The Labute approximate surface area is 124 Å². The molecular weight excluding hydrogens is 266 g/mol. The molecule has 1 heterocycles. The van der Waals surface area contributed by atoms with Crippen LogP contribution in [0.1, 0.15) is 17.4 Å². The summed E-state index contributed by atoms with van der Waals surface area (Å²) in [5.74, 6) is 0.617. The molecule has 21 heavy (non-hydrogen) atoms. The van der Waals surface area contributed by atoms with Gasteiger partial charge in [0.05, 0.1) is 6.61 Å². The van der Waals surface area contributed by atoms with Gasteiger partial charge in [0.1, 0.15) is 11.5 Å². The van der Waals surface area contributed by atoms with Crippen LogP contribution in [-0.2, 0) is 4.74 Å². The van der Waals surface area contributed by atoms with Gasteiger partial charge in [-0.05, 0) is 18.4 Å². The number of amides is 1. The fourth-order valence-corrected chi connectivity index (χ4v) is 2.14. The van der Waals surface area contributed by atoms with Crippen LogP contribution in [0.25, 0.3) is 10.8 Å². The lowest BCUT2D eigenvalue weighted by Gasteiger charge is -2.17. The third-order valence-corrected chi connectivity index (χ3v) is 3.32. The van der Waals surface area contributed by atoms with E-state index in [1.54, 1.807) is 11.9 Å². The van der Waals surface area contributed by atoms with Gasteiger partial charge in [-0.2, -0.15) is 0 Å². The van der Waals surface area contributed by atoms with Crippen molar-refractivity contribution in [3.8, 4) is 0 Å². The second-order valence-corrected chi connectivity index (χ2v) is 4.75. The van der Waals surface area contributed by atoms with E-state index >= 15 is 0 Å². The molecule has 0 bridgehead atoms. The Kier molecular flexibility index (Phi) is 5.11. The molecule has 0 aliphatic rings. The van der Waals surface area contributed by atoms with Crippen molar-refractivity contribution in [2.24, 2.45) is 0 Å². The highest BCUT2D eigenvalue weighted by Gasteiger charge is 2.15. The number of fused-ring (bicyclic) bond motifs is 1. The zero-order valence-corrected chi connectivity index (χ0v) is 12.7. The molecule has 0 aliphatic carbocycles.